The number of carbonyl (C=O) groups excluding carboxylic acids is 1. The molecular formula is C18H15ClFN3O. The highest BCUT2D eigenvalue weighted by Crippen LogP contribution is 2.23. The minimum Gasteiger partial charge on any atom is -0.307 e. The molecule has 0 radical (unpaired) electrons. The molecule has 1 aromatic carbocycles. The van der Waals surface area contributed by atoms with Crippen molar-refractivity contribution in [3.63, 3.8) is 0 Å². The number of pyridine rings is 2. The predicted molar refractivity (Wildman–Crippen MR) is 93.8 cm³/mol. The fraction of sp³-hybridized carbons (Fsp3) is 0.0556. The third-order valence-corrected chi connectivity index (χ3v) is 3.33. The van der Waals surface area contributed by atoms with Gasteiger partial charge in [-0.25, -0.2) is 9.37 Å². The van der Waals surface area contributed by atoms with E-state index in [-0.39, 0.29) is 18.0 Å². The topological polar surface area (TPSA) is 54.9 Å². The Morgan fingerprint density at radius 1 is 1.12 bits per heavy atom. The van der Waals surface area contributed by atoms with E-state index < -0.39 is 11.7 Å². The molecule has 2 heterocycles. The van der Waals surface area contributed by atoms with Crippen molar-refractivity contribution < 1.29 is 9.18 Å². The smallest absolute Gasteiger partial charge is 0.256 e. The Bertz CT molecular complexity index is 856. The maximum Gasteiger partial charge on any atom is 0.256 e. The second-order valence-corrected chi connectivity index (χ2v) is 5.05. The lowest BCUT2D eigenvalue weighted by atomic mass is 10.0. The number of nitrogens with zero attached hydrogens (tertiary/aromatic N) is 2. The second-order valence-electron chi connectivity index (χ2n) is 5.05. The molecule has 3 rings (SSSR count). The summed E-state index contributed by atoms with van der Waals surface area (Å²) in [4.78, 5) is 20.4. The first kappa shape index (κ1) is 17.6. The summed E-state index contributed by atoms with van der Waals surface area (Å²) in [5.41, 5.74) is 2.10. The zero-order chi connectivity index (χ0) is 16.2. The molecule has 0 saturated carbocycles. The summed E-state index contributed by atoms with van der Waals surface area (Å²) in [6, 6.07) is 13.2. The van der Waals surface area contributed by atoms with Gasteiger partial charge in [0.2, 0.25) is 0 Å². The van der Waals surface area contributed by atoms with Gasteiger partial charge in [0.1, 0.15) is 11.6 Å². The van der Waals surface area contributed by atoms with Gasteiger partial charge in [-0.1, -0.05) is 18.2 Å². The monoisotopic (exact) mass is 343 g/mol. The molecule has 0 fully saturated rings. The third kappa shape index (κ3) is 3.94. The number of aromatic nitrogens is 2. The van der Waals surface area contributed by atoms with Crippen molar-refractivity contribution in [1.82, 2.24) is 9.97 Å². The van der Waals surface area contributed by atoms with Gasteiger partial charge < -0.3 is 5.32 Å². The Kier molecular flexibility index (Phi) is 5.60. The van der Waals surface area contributed by atoms with E-state index in [2.05, 4.69) is 15.3 Å². The molecule has 0 aliphatic carbocycles. The highest BCUT2D eigenvalue weighted by Gasteiger charge is 2.12. The number of halogens is 2. The van der Waals surface area contributed by atoms with Gasteiger partial charge in [0.05, 0.1) is 0 Å². The number of aryl methyl sites for hydroxylation is 1. The van der Waals surface area contributed by atoms with Crippen molar-refractivity contribution in [3.05, 3.63) is 78.0 Å². The molecule has 0 aliphatic rings. The number of hydrogen-bond acceptors (Lipinski definition) is 3. The molecule has 0 unspecified atom stereocenters. The Balaban J connectivity index is 0.00000208. The molecule has 0 saturated heterocycles. The number of anilines is 1. The molecule has 0 aliphatic heterocycles. The fourth-order valence-electron chi connectivity index (χ4n) is 2.21. The van der Waals surface area contributed by atoms with Crippen LogP contribution in [0.3, 0.4) is 0 Å². The van der Waals surface area contributed by atoms with Crippen LogP contribution in [0.5, 0.6) is 0 Å². The molecule has 24 heavy (non-hydrogen) atoms. The van der Waals surface area contributed by atoms with Crippen LogP contribution in [0.1, 0.15) is 16.1 Å². The number of carbonyl (C=O) groups is 1. The number of nitrogens with one attached hydrogen (secondary N) is 1. The summed E-state index contributed by atoms with van der Waals surface area (Å²) in [6.07, 6.45) is 3.20. The lowest BCUT2D eigenvalue weighted by molar-refractivity contribution is 0.102. The van der Waals surface area contributed by atoms with Crippen LogP contribution in [0, 0.1) is 12.7 Å². The highest BCUT2D eigenvalue weighted by molar-refractivity contribution is 6.04. The van der Waals surface area contributed by atoms with E-state index in [9.17, 15) is 9.18 Å². The molecule has 4 nitrogen and oxygen atoms in total. The van der Waals surface area contributed by atoms with Gasteiger partial charge in [-0.15, -0.1) is 12.4 Å². The summed E-state index contributed by atoms with van der Waals surface area (Å²) in [5, 5.41) is 2.66. The molecule has 0 bridgehead atoms. The average molecular weight is 344 g/mol. The summed E-state index contributed by atoms with van der Waals surface area (Å²) >= 11 is 0. The first-order valence-corrected chi connectivity index (χ1v) is 7.08. The van der Waals surface area contributed by atoms with Gasteiger partial charge in [-0.05, 0) is 37.3 Å². The molecule has 0 spiro atoms. The predicted octanol–water partition coefficient (Wildman–Crippen LogP) is 4.27. The zero-order valence-electron chi connectivity index (χ0n) is 12.9. The number of hydrogen-bond donors (Lipinski definition) is 1. The van der Waals surface area contributed by atoms with Crippen molar-refractivity contribution in [2.24, 2.45) is 0 Å². The minimum absolute atomic E-state index is 0. The lowest BCUT2D eigenvalue weighted by Crippen LogP contribution is -2.13. The largest absolute Gasteiger partial charge is 0.307 e. The van der Waals surface area contributed by atoms with Crippen molar-refractivity contribution in [2.75, 3.05) is 5.32 Å². The van der Waals surface area contributed by atoms with E-state index in [1.54, 1.807) is 48.8 Å². The van der Waals surface area contributed by atoms with E-state index in [0.29, 0.717) is 16.9 Å². The Labute approximate surface area is 145 Å². The normalized spacial score (nSPS) is 9.92. The van der Waals surface area contributed by atoms with Crippen LogP contribution >= 0.6 is 12.4 Å². The molecule has 6 heteroatoms. The van der Waals surface area contributed by atoms with Crippen LogP contribution in [0.2, 0.25) is 0 Å². The van der Waals surface area contributed by atoms with Gasteiger partial charge in [0.15, 0.2) is 0 Å². The maximum atomic E-state index is 14.3. The van der Waals surface area contributed by atoms with Gasteiger partial charge >= 0.3 is 0 Å². The van der Waals surface area contributed by atoms with Crippen molar-refractivity contribution in [1.29, 1.82) is 0 Å². The van der Waals surface area contributed by atoms with Crippen LogP contribution in [-0.4, -0.2) is 15.9 Å². The maximum absolute atomic E-state index is 14.3. The van der Waals surface area contributed by atoms with Crippen LogP contribution < -0.4 is 5.32 Å². The molecule has 1 N–H and O–H groups in total. The lowest BCUT2D eigenvalue weighted by Gasteiger charge is -2.07. The molecular weight excluding hydrogens is 329 g/mol. The Morgan fingerprint density at radius 2 is 1.96 bits per heavy atom. The Morgan fingerprint density at radius 3 is 2.62 bits per heavy atom. The number of amides is 1. The number of benzene rings is 1. The first-order chi connectivity index (χ1) is 11.1. The standard InChI is InChI=1S/C18H14FN3O.ClH/c1-12-4-2-6-17(21-12)22-18(23)13-7-8-15(16(19)10-13)14-5-3-9-20-11-14;/h2-11H,1H3,(H,21,22,23);1H. The molecule has 1 amide bonds. The van der Waals surface area contributed by atoms with E-state index in [0.717, 1.165) is 5.69 Å². The second kappa shape index (κ2) is 7.66. The van der Waals surface area contributed by atoms with Gasteiger partial charge in [0, 0.05) is 34.8 Å². The van der Waals surface area contributed by atoms with Crippen LogP contribution in [0.4, 0.5) is 10.2 Å². The quantitative estimate of drug-likeness (QED) is 0.772. The zero-order valence-corrected chi connectivity index (χ0v) is 13.7. The fourth-order valence-corrected chi connectivity index (χ4v) is 2.21. The molecule has 3 aromatic rings. The van der Waals surface area contributed by atoms with E-state index in [1.807, 2.05) is 13.0 Å². The number of rotatable bonds is 3. The SMILES string of the molecule is Cc1cccc(NC(=O)c2ccc(-c3cccnc3)c(F)c2)n1.Cl. The van der Waals surface area contributed by atoms with Gasteiger partial charge in [-0.2, -0.15) is 0 Å². The van der Waals surface area contributed by atoms with E-state index in [4.69, 9.17) is 0 Å². The molecule has 122 valence electrons. The summed E-state index contributed by atoms with van der Waals surface area (Å²) in [7, 11) is 0. The molecule has 0 atom stereocenters. The summed E-state index contributed by atoms with van der Waals surface area (Å²) < 4.78 is 14.3. The van der Waals surface area contributed by atoms with Crippen molar-refractivity contribution in [2.45, 2.75) is 6.92 Å². The van der Waals surface area contributed by atoms with Crippen LogP contribution in [0.15, 0.2) is 60.9 Å². The summed E-state index contributed by atoms with van der Waals surface area (Å²) in [6.45, 7) is 1.83. The van der Waals surface area contributed by atoms with E-state index >= 15 is 0 Å². The Hall–Kier alpha value is -2.79. The van der Waals surface area contributed by atoms with Gasteiger partial charge in [-0.3, -0.25) is 9.78 Å². The highest BCUT2D eigenvalue weighted by atomic mass is 35.5. The first-order valence-electron chi connectivity index (χ1n) is 7.08. The van der Waals surface area contributed by atoms with E-state index in [1.165, 1.54) is 6.07 Å². The van der Waals surface area contributed by atoms with Gasteiger partial charge in [0.25, 0.3) is 5.91 Å². The average Bonchev–Trinajstić information content (AvgIpc) is 2.55. The van der Waals surface area contributed by atoms with Crippen molar-refractivity contribution in [3.8, 4) is 11.1 Å². The summed E-state index contributed by atoms with van der Waals surface area (Å²) in [5.74, 6) is -0.436. The minimum atomic E-state index is -0.470. The van der Waals surface area contributed by atoms with Crippen LogP contribution in [-0.2, 0) is 0 Å². The van der Waals surface area contributed by atoms with Crippen molar-refractivity contribution >= 4 is 24.1 Å². The third-order valence-electron chi connectivity index (χ3n) is 3.33. The molecule has 2 aromatic heterocycles. The van der Waals surface area contributed by atoms with Crippen LogP contribution in [0.25, 0.3) is 11.1 Å².